The quantitative estimate of drug-likeness (QED) is 0.826. The van der Waals surface area contributed by atoms with E-state index in [1.165, 1.54) is 6.07 Å². The van der Waals surface area contributed by atoms with Crippen molar-refractivity contribution in [2.45, 2.75) is 32.1 Å². The van der Waals surface area contributed by atoms with Gasteiger partial charge < -0.3 is 0 Å². The normalized spacial score (nSPS) is 12.2. The van der Waals surface area contributed by atoms with Crippen LogP contribution < -0.4 is 0 Å². The molecule has 0 aromatic heterocycles. The largest absolute Gasteiger partial charge is 0.295 e. The van der Waals surface area contributed by atoms with E-state index in [2.05, 4.69) is 0 Å². The molecule has 1 aromatic rings. The summed E-state index contributed by atoms with van der Waals surface area (Å²) < 4.78 is 31.5. The number of benzene rings is 1. The van der Waals surface area contributed by atoms with Gasteiger partial charge in [0.2, 0.25) is 0 Å². The Hall–Kier alpha value is -1.13. The van der Waals surface area contributed by atoms with Crippen molar-refractivity contribution in [3.63, 3.8) is 0 Å². The highest BCUT2D eigenvalue weighted by Gasteiger charge is 2.16. The fourth-order valence-corrected chi connectivity index (χ4v) is 2.22. The second-order valence-electron chi connectivity index (χ2n) is 3.70. The van der Waals surface area contributed by atoms with Gasteiger partial charge in [0.1, 0.15) is 4.90 Å². The Morgan fingerprint density at radius 3 is 2.44 bits per heavy atom. The van der Waals surface area contributed by atoms with Gasteiger partial charge >= 0.3 is 0 Å². The van der Waals surface area contributed by atoms with E-state index < -0.39 is 10.1 Å². The molecule has 0 heterocycles. The predicted octanol–water partition coefficient (Wildman–Crippen LogP) is 2.97. The minimum Gasteiger partial charge on any atom is -0.282 e. The molecule has 0 fully saturated rings. The third kappa shape index (κ3) is 2.71. The molecule has 0 aliphatic heterocycles. The van der Waals surface area contributed by atoms with Crippen LogP contribution in [-0.2, 0) is 10.1 Å². The van der Waals surface area contributed by atoms with Gasteiger partial charge in [-0.15, -0.1) is 0 Å². The molecule has 1 rings (SSSR count). The van der Waals surface area contributed by atoms with Gasteiger partial charge in [-0.05, 0) is 43.0 Å². The van der Waals surface area contributed by atoms with Gasteiger partial charge in [0, 0.05) is 0 Å². The van der Waals surface area contributed by atoms with Crippen molar-refractivity contribution in [1.82, 2.24) is 0 Å². The molecule has 1 aromatic carbocycles. The molecule has 0 radical (unpaired) electrons. The summed E-state index contributed by atoms with van der Waals surface area (Å²) in [5, 5.41) is 0. The molecule has 1 N–H and O–H groups in total. The molecular formula is C12H16O3S. The topological polar surface area (TPSA) is 54.4 Å². The minimum atomic E-state index is -4.15. The van der Waals surface area contributed by atoms with E-state index in [1.54, 1.807) is 12.1 Å². The lowest BCUT2D eigenvalue weighted by Gasteiger charge is -2.09. The third-order valence-electron chi connectivity index (χ3n) is 2.54. The van der Waals surface area contributed by atoms with E-state index in [0.717, 1.165) is 17.5 Å². The maximum absolute atomic E-state index is 11.2. The van der Waals surface area contributed by atoms with Crippen LogP contribution in [-0.4, -0.2) is 13.0 Å². The highest BCUT2D eigenvalue weighted by Crippen LogP contribution is 2.23. The van der Waals surface area contributed by atoms with E-state index in [4.69, 9.17) is 4.55 Å². The summed E-state index contributed by atoms with van der Waals surface area (Å²) >= 11 is 0. The van der Waals surface area contributed by atoms with Gasteiger partial charge in [-0.2, -0.15) is 8.42 Å². The van der Waals surface area contributed by atoms with Crippen molar-refractivity contribution in [1.29, 1.82) is 0 Å². The number of hydrogen-bond acceptors (Lipinski definition) is 2. The Kier molecular flexibility index (Phi) is 3.88. The maximum atomic E-state index is 11.2. The molecule has 16 heavy (non-hydrogen) atoms. The molecule has 0 saturated carbocycles. The standard InChI is InChI=1S/C12H16O3S/c1-4-5-6-11-10(3)9(2)7-8-12(11)16(13,14)15/h5-8H,4H2,1-3H3,(H,13,14,15). The summed E-state index contributed by atoms with van der Waals surface area (Å²) in [6.07, 6.45) is 4.43. The Morgan fingerprint density at radius 1 is 1.31 bits per heavy atom. The zero-order valence-electron chi connectivity index (χ0n) is 9.69. The van der Waals surface area contributed by atoms with Crippen LogP contribution in [0.1, 0.15) is 30.0 Å². The monoisotopic (exact) mass is 240 g/mol. The van der Waals surface area contributed by atoms with Crippen molar-refractivity contribution in [3.8, 4) is 0 Å². The average Bonchev–Trinajstić information content (AvgIpc) is 2.18. The summed E-state index contributed by atoms with van der Waals surface area (Å²) in [4.78, 5) is -0.0275. The first-order valence-electron chi connectivity index (χ1n) is 5.12. The van der Waals surface area contributed by atoms with Gasteiger partial charge in [-0.1, -0.05) is 25.1 Å². The molecule has 0 aliphatic carbocycles. The molecule has 4 heteroatoms. The molecule has 0 atom stereocenters. The average molecular weight is 240 g/mol. The van der Waals surface area contributed by atoms with E-state index in [1.807, 2.05) is 26.8 Å². The van der Waals surface area contributed by atoms with Crippen molar-refractivity contribution in [2.24, 2.45) is 0 Å². The van der Waals surface area contributed by atoms with E-state index in [0.29, 0.717) is 5.56 Å². The Labute approximate surface area is 96.6 Å². The van der Waals surface area contributed by atoms with Crippen LogP contribution in [0.5, 0.6) is 0 Å². The zero-order valence-corrected chi connectivity index (χ0v) is 10.5. The molecule has 0 unspecified atom stereocenters. The first-order valence-corrected chi connectivity index (χ1v) is 6.56. The highest BCUT2D eigenvalue weighted by atomic mass is 32.2. The molecule has 0 bridgehead atoms. The molecule has 0 saturated heterocycles. The molecule has 0 amide bonds. The van der Waals surface area contributed by atoms with Crippen molar-refractivity contribution < 1.29 is 13.0 Å². The summed E-state index contributed by atoms with van der Waals surface area (Å²) in [5.41, 5.74) is 2.45. The lowest BCUT2D eigenvalue weighted by Crippen LogP contribution is -2.03. The lowest BCUT2D eigenvalue weighted by molar-refractivity contribution is 0.483. The highest BCUT2D eigenvalue weighted by molar-refractivity contribution is 7.85. The van der Waals surface area contributed by atoms with E-state index in [9.17, 15) is 8.42 Å². The maximum Gasteiger partial charge on any atom is 0.295 e. The van der Waals surface area contributed by atoms with Crippen molar-refractivity contribution in [2.75, 3.05) is 0 Å². The van der Waals surface area contributed by atoms with Crippen LogP contribution in [0.4, 0.5) is 0 Å². The lowest BCUT2D eigenvalue weighted by atomic mass is 10.0. The smallest absolute Gasteiger partial charge is 0.282 e. The molecule has 0 aliphatic rings. The van der Waals surface area contributed by atoms with Crippen LogP contribution in [0.25, 0.3) is 6.08 Å². The molecule has 3 nitrogen and oxygen atoms in total. The van der Waals surface area contributed by atoms with Gasteiger partial charge in [-0.3, -0.25) is 4.55 Å². The molecule has 0 spiro atoms. The van der Waals surface area contributed by atoms with Crippen molar-refractivity contribution >= 4 is 16.2 Å². The first-order chi connectivity index (χ1) is 7.38. The SMILES string of the molecule is CCC=Cc1c(S(=O)(=O)O)ccc(C)c1C. The molecular weight excluding hydrogens is 224 g/mol. The summed E-state index contributed by atoms with van der Waals surface area (Å²) in [5.74, 6) is 0. The summed E-state index contributed by atoms with van der Waals surface area (Å²) in [7, 11) is -4.15. The van der Waals surface area contributed by atoms with Gasteiger partial charge in [-0.25, -0.2) is 0 Å². The number of rotatable bonds is 3. The fraction of sp³-hybridized carbons (Fsp3) is 0.333. The number of allylic oxidation sites excluding steroid dienone is 1. The van der Waals surface area contributed by atoms with Crippen LogP contribution in [0.2, 0.25) is 0 Å². The van der Waals surface area contributed by atoms with Gasteiger partial charge in [0.15, 0.2) is 0 Å². The predicted molar refractivity (Wildman–Crippen MR) is 65.1 cm³/mol. The number of hydrogen-bond donors (Lipinski definition) is 1. The Bertz CT molecular complexity index is 513. The minimum absolute atomic E-state index is 0.0275. The van der Waals surface area contributed by atoms with E-state index in [-0.39, 0.29) is 4.90 Å². The van der Waals surface area contributed by atoms with Gasteiger partial charge in [0.25, 0.3) is 10.1 Å². The zero-order chi connectivity index (χ0) is 12.3. The second-order valence-corrected chi connectivity index (χ2v) is 5.09. The summed E-state index contributed by atoms with van der Waals surface area (Å²) in [6.45, 7) is 5.72. The van der Waals surface area contributed by atoms with Crippen LogP contribution in [0.15, 0.2) is 23.1 Å². The second kappa shape index (κ2) is 4.80. The van der Waals surface area contributed by atoms with Crippen LogP contribution in [0, 0.1) is 13.8 Å². The molecule has 88 valence electrons. The van der Waals surface area contributed by atoms with Crippen LogP contribution >= 0.6 is 0 Å². The Morgan fingerprint density at radius 2 is 1.94 bits per heavy atom. The number of aryl methyl sites for hydroxylation is 1. The van der Waals surface area contributed by atoms with Crippen molar-refractivity contribution in [3.05, 3.63) is 34.9 Å². The van der Waals surface area contributed by atoms with Gasteiger partial charge in [0.05, 0.1) is 0 Å². The fourth-order valence-electron chi connectivity index (χ4n) is 1.48. The summed E-state index contributed by atoms with van der Waals surface area (Å²) in [6, 6.07) is 3.13. The first kappa shape index (κ1) is 12.9. The van der Waals surface area contributed by atoms with E-state index >= 15 is 0 Å². The third-order valence-corrected chi connectivity index (χ3v) is 3.46. The van der Waals surface area contributed by atoms with Crippen LogP contribution in [0.3, 0.4) is 0 Å². The Balaban J connectivity index is 3.51.